The average molecular weight is 496 g/mol. The average Bonchev–Trinajstić information content (AvgIpc) is 3.37. The summed E-state index contributed by atoms with van der Waals surface area (Å²) in [5, 5.41) is 3.21. The van der Waals surface area contributed by atoms with Crippen molar-refractivity contribution in [2.45, 2.75) is 43.9 Å². The molecule has 2 aliphatic heterocycles. The Labute approximate surface area is 211 Å². The lowest BCUT2D eigenvalue weighted by atomic mass is 9.73. The van der Waals surface area contributed by atoms with Crippen molar-refractivity contribution in [2.24, 2.45) is 11.8 Å². The van der Waals surface area contributed by atoms with Gasteiger partial charge in [0.15, 0.2) is 11.5 Å². The van der Waals surface area contributed by atoms with Crippen molar-refractivity contribution in [1.29, 1.82) is 0 Å². The first-order chi connectivity index (χ1) is 17.6. The Morgan fingerprint density at radius 1 is 1.06 bits per heavy atom. The van der Waals surface area contributed by atoms with Crippen LogP contribution in [0.3, 0.4) is 0 Å². The second-order valence-electron chi connectivity index (χ2n) is 9.73. The van der Waals surface area contributed by atoms with Gasteiger partial charge in [0.2, 0.25) is 5.91 Å². The van der Waals surface area contributed by atoms with Crippen LogP contribution in [0.4, 0.5) is 0 Å². The van der Waals surface area contributed by atoms with Crippen LogP contribution in [0.25, 0.3) is 0 Å². The first-order valence-electron chi connectivity index (χ1n) is 12.5. The molecule has 0 spiro atoms. The summed E-state index contributed by atoms with van der Waals surface area (Å²) in [6.07, 6.45) is 6.39. The van der Waals surface area contributed by atoms with Gasteiger partial charge in [-0.2, -0.15) is 0 Å². The van der Waals surface area contributed by atoms with E-state index in [4.69, 9.17) is 18.9 Å². The second-order valence-corrected chi connectivity index (χ2v) is 9.73. The molecule has 9 heteroatoms. The van der Waals surface area contributed by atoms with Crippen LogP contribution in [0.15, 0.2) is 42.7 Å². The number of fused-ring (bicyclic) bond motifs is 2. The normalized spacial score (nSPS) is 26.9. The summed E-state index contributed by atoms with van der Waals surface area (Å²) in [5.74, 6) is 1.25. The summed E-state index contributed by atoms with van der Waals surface area (Å²) in [7, 11) is 3.21. The number of nitrogens with zero attached hydrogens (tertiary/aromatic N) is 2. The molecular formula is C27H33N3O6. The molecule has 3 fully saturated rings. The Bertz CT molecular complexity index is 1080. The van der Waals surface area contributed by atoms with E-state index in [0.717, 1.165) is 24.8 Å². The molecule has 2 saturated heterocycles. The zero-order valence-electron chi connectivity index (χ0n) is 20.7. The summed E-state index contributed by atoms with van der Waals surface area (Å²) in [5.41, 5.74) is 1.58. The molecule has 1 aromatic carbocycles. The van der Waals surface area contributed by atoms with Crippen LogP contribution < -0.4 is 14.8 Å². The fraction of sp³-hybridized carbons (Fsp3) is 0.519. The van der Waals surface area contributed by atoms with Gasteiger partial charge in [-0.3, -0.25) is 14.6 Å². The standard InChI is InChI=1S/C27H33N3O6/c1-33-22-4-3-17(11-23(22)34-2)7-10-30(27(32)18-5-8-28-9-6-18)15-20-12-19-13-24-25(36-16-35-24)14-21(19)29-26(20)31/h3-6,8-9,11,19-21,24-25H,7,10,12-16H2,1-2H3,(H,29,31). The predicted octanol–water partition coefficient (Wildman–Crippen LogP) is 2.44. The number of piperidine rings is 1. The third kappa shape index (κ3) is 5.17. The molecule has 1 saturated carbocycles. The Hall–Kier alpha value is -3.17. The van der Waals surface area contributed by atoms with Gasteiger partial charge in [0, 0.05) is 37.1 Å². The molecule has 0 bridgehead atoms. The lowest BCUT2D eigenvalue weighted by Gasteiger charge is -2.43. The summed E-state index contributed by atoms with van der Waals surface area (Å²) in [6.45, 7) is 1.15. The summed E-state index contributed by atoms with van der Waals surface area (Å²) in [4.78, 5) is 32.4. The molecule has 2 aromatic rings. The molecule has 3 aliphatic rings. The number of amides is 2. The number of nitrogens with one attached hydrogen (secondary N) is 1. The maximum absolute atomic E-state index is 13.5. The van der Waals surface area contributed by atoms with Crippen molar-refractivity contribution in [2.75, 3.05) is 34.1 Å². The molecule has 36 heavy (non-hydrogen) atoms. The number of carbonyl (C=O) groups excluding carboxylic acids is 2. The van der Waals surface area contributed by atoms with Crippen LogP contribution in [-0.4, -0.2) is 74.1 Å². The largest absolute Gasteiger partial charge is 0.493 e. The van der Waals surface area contributed by atoms with Gasteiger partial charge in [0.1, 0.15) is 6.79 Å². The minimum atomic E-state index is -0.277. The Morgan fingerprint density at radius 3 is 2.56 bits per heavy atom. The zero-order chi connectivity index (χ0) is 25.1. The van der Waals surface area contributed by atoms with Crippen LogP contribution in [0.2, 0.25) is 0 Å². The lowest BCUT2D eigenvalue weighted by Crippen LogP contribution is -2.57. The van der Waals surface area contributed by atoms with Crippen LogP contribution in [-0.2, 0) is 20.7 Å². The monoisotopic (exact) mass is 495 g/mol. The van der Waals surface area contributed by atoms with E-state index < -0.39 is 0 Å². The first-order valence-corrected chi connectivity index (χ1v) is 12.5. The molecule has 1 N–H and O–H groups in total. The van der Waals surface area contributed by atoms with E-state index in [9.17, 15) is 9.59 Å². The van der Waals surface area contributed by atoms with E-state index >= 15 is 0 Å². The summed E-state index contributed by atoms with van der Waals surface area (Å²) in [6, 6.07) is 9.28. The number of pyridine rings is 1. The number of hydrogen-bond donors (Lipinski definition) is 1. The van der Waals surface area contributed by atoms with Gasteiger partial charge in [-0.15, -0.1) is 0 Å². The third-order valence-corrected chi connectivity index (χ3v) is 7.63. The minimum absolute atomic E-state index is 0.00672. The number of carbonyl (C=O) groups is 2. The molecule has 192 valence electrons. The van der Waals surface area contributed by atoms with E-state index in [2.05, 4.69) is 10.3 Å². The minimum Gasteiger partial charge on any atom is -0.493 e. The maximum Gasteiger partial charge on any atom is 0.253 e. The fourth-order valence-corrected chi connectivity index (χ4v) is 5.66. The van der Waals surface area contributed by atoms with Crippen molar-refractivity contribution in [3.63, 3.8) is 0 Å². The molecule has 9 nitrogen and oxygen atoms in total. The van der Waals surface area contributed by atoms with Crippen LogP contribution in [0.5, 0.6) is 11.5 Å². The SMILES string of the molecule is COc1ccc(CCN(CC2CC3CC4OCOC4CC3NC2=O)C(=O)c2ccncc2)cc1OC. The molecule has 0 radical (unpaired) electrons. The molecule has 1 aliphatic carbocycles. The van der Waals surface area contributed by atoms with Gasteiger partial charge < -0.3 is 29.2 Å². The number of rotatable bonds is 8. The Morgan fingerprint density at radius 2 is 1.81 bits per heavy atom. The summed E-state index contributed by atoms with van der Waals surface area (Å²) < 4.78 is 22.2. The smallest absolute Gasteiger partial charge is 0.253 e. The predicted molar refractivity (Wildman–Crippen MR) is 131 cm³/mol. The van der Waals surface area contributed by atoms with E-state index in [1.54, 1.807) is 43.6 Å². The maximum atomic E-state index is 13.5. The van der Waals surface area contributed by atoms with Crippen molar-refractivity contribution in [3.8, 4) is 11.5 Å². The Kier molecular flexibility index (Phi) is 7.38. The number of hydrogen-bond acceptors (Lipinski definition) is 7. The van der Waals surface area contributed by atoms with Crippen molar-refractivity contribution in [1.82, 2.24) is 15.2 Å². The van der Waals surface area contributed by atoms with Gasteiger partial charge in [0.25, 0.3) is 5.91 Å². The van der Waals surface area contributed by atoms with Gasteiger partial charge in [0.05, 0.1) is 32.3 Å². The number of benzene rings is 1. The highest BCUT2D eigenvalue weighted by molar-refractivity contribution is 5.94. The molecule has 5 atom stereocenters. The lowest BCUT2D eigenvalue weighted by molar-refractivity contribution is -0.131. The second kappa shape index (κ2) is 10.8. The first kappa shape index (κ1) is 24.5. The molecule has 1 aromatic heterocycles. The van der Waals surface area contributed by atoms with Gasteiger partial charge in [-0.1, -0.05) is 6.07 Å². The van der Waals surface area contributed by atoms with Crippen LogP contribution in [0.1, 0.15) is 35.2 Å². The van der Waals surface area contributed by atoms with Gasteiger partial charge in [-0.05, 0) is 61.4 Å². The Balaban J connectivity index is 1.31. The number of ether oxygens (including phenoxy) is 4. The molecule has 3 heterocycles. The molecule has 5 unspecified atom stereocenters. The van der Waals surface area contributed by atoms with E-state index in [1.807, 2.05) is 18.2 Å². The van der Waals surface area contributed by atoms with E-state index in [-0.39, 0.29) is 36.0 Å². The van der Waals surface area contributed by atoms with Crippen LogP contribution >= 0.6 is 0 Å². The highest BCUT2D eigenvalue weighted by Crippen LogP contribution is 2.38. The van der Waals surface area contributed by atoms with Crippen molar-refractivity contribution < 1.29 is 28.5 Å². The summed E-state index contributed by atoms with van der Waals surface area (Å²) >= 11 is 0. The fourth-order valence-electron chi connectivity index (χ4n) is 5.66. The molecule has 5 rings (SSSR count). The van der Waals surface area contributed by atoms with E-state index in [1.165, 1.54) is 0 Å². The topological polar surface area (TPSA) is 99.2 Å². The van der Waals surface area contributed by atoms with Gasteiger partial charge in [-0.25, -0.2) is 0 Å². The highest BCUT2D eigenvalue weighted by Gasteiger charge is 2.46. The zero-order valence-corrected chi connectivity index (χ0v) is 20.7. The number of methoxy groups -OCH3 is 2. The molecule has 2 amide bonds. The highest BCUT2D eigenvalue weighted by atomic mass is 16.7. The van der Waals surface area contributed by atoms with Crippen LogP contribution in [0, 0.1) is 11.8 Å². The van der Waals surface area contributed by atoms with E-state index in [0.29, 0.717) is 49.3 Å². The molecular weight excluding hydrogens is 462 g/mol. The van der Waals surface area contributed by atoms with Gasteiger partial charge >= 0.3 is 0 Å². The number of aromatic nitrogens is 1. The van der Waals surface area contributed by atoms with Crippen molar-refractivity contribution in [3.05, 3.63) is 53.9 Å². The van der Waals surface area contributed by atoms with Crippen molar-refractivity contribution >= 4 is 11.8 Å². The third-order valence-electron chi connectivity index (χ3n) is 7.63. The quantitative estimate of drug-likeness (QED) is 0.601.